The summed E-state index contributed by atoms with van der Waals surface area (Å²) < 4.78 is 0. The Morgan fingerprint density at radius 1 is 1.45 bits per heavy atom. The van der Waals surface area contributed by atoms with Crippen LogP contribution in [0.5, 0.6) is 0 Å². The van der Waals surface area contributed by atoms with E-state index in [9.17, 15) is 9.90 Å². The standard InChI is InChI=1S/C16H19N3O2S/c20-11-14-13-4-2-1-3-12(13)6-9-19(14)16(21)18-7-5-15-17-8-10-22-15/h1-4,8,10,14,20H,5-7,9,11H2,(H,18,21)/t14-/m1/s1. The third kappa shape index (κ3) is 3.13. The number of carbonyl (C=O) groups excluding carboxylic acids is 1. The lowest BCUT2D eigenvalue weighted by Gasteiger charge is -2.36. The highest BCUT2D eigenvalue weighted by Crippen LogP contribution is 2.29. The molecule has 0 bridgehead atoms. The molecule has 1 atom stereocenters. The van der Waals surface area contributed by atoms with Crippen LogP contribution in [0.2, 0.25) is 0 Å². The van der Waals surface area contributed by atoms with Crippen LogP contribution in [0.25, 0.3) is 0 Å². The summed E-state index contributed by atoms with van der Waals surface area (Å²) in [5.74, 6) is 0. The van der Waals surface area contributed by atoms with Crippen molar-refractivity contribution in [2.75, 3.05) is 19.7 Å². The molecule has 2 N–H and O–H groups in total. The Labute approximate surface area is 133 Å². The zero-order chi connectivity index (χ0) is 15.4. The highest BCUT2D eigenvalue weighted by Gasteiger charge is 2.29. The first-order chi connectivity index (χ1) is 10.8. The molecule has 1 aromatic carbocycles. The van der Waals surface area contributed by atoms with Gasteiger partial charge >= 0.3 is 6.03 Å². The number of hydrogen-bond acceptors (Lipinski definition) is 4. The minimum Gasteiger partial charge on any atom is -0.394 e. The molecule has 3 rings (SSSR count). The average molecular weight is 317 g/mol. The van der Waals surface area contributed by atoms with Gasteiger partial charge < -0.3 is 15.3 Å². The van der Waals surface area contributed by atoms with Gasteiger partial charge in [-0.1, -0.05) is 24.3 Å². The Hall–Kier alpha value is -1.92. The number of hydrogen-bond donors (Lipinski definition) is 2. The van der Waals surface area contributed by atoms with Crippen LogP contribution >= 0.6 is 11.3 Å². The van der Waals surface area contributed by atoms with Crippen LogP contribution < -0.4 is 5.32 Å². The number of amides is 2. The lowest BCUT2D eigenvalue weighted by atomic mass is 9.93. The van der Waals surface area contributed by atoms with Gasteiger partial charge in [0.1, 0.15) is 0 Å². The van der Waals surface area contributed by atoms with Gasteiger partial charge in [-0.15, -0.1) is 11.3 Å². The van der Waals surface area contributed by atoms with Gasteiger partial charge in [0.05, 0.1) is 17.7 Å². The van der Waals surface area contributed by atoms with Gasteiger partial charge in [0, 0.05) is 31.1 Å². The zero-order valence-corrected chi connectivity index (χ0v) is 13.1. The number of aromatic nitrogens is 1. The SMILES string of the molecule is O=C(NCCc1nccs1)N1CCc2ccccc2[C@H]1CO. The largest absolute Gasteiger partial charge is 0.394 e. The van der Waals surface area contributed by atoms with Crippen molar-refractivity contribution in [3.8, 4) is 0 Å². The number of nitrogens with one attached hydrogen (secondary N) is 1. The molecule has 0 radical (unpaired) electrons. The van der Waals surface area contributed by atoms with Gasteiger partial charge in [-0.3, -0.25) is 0 Å². The first kappa shape index (κ1) is 15.0. The second kappa shape index (κ2) is 6.89. The second-order valence-electron chi connectivity index (χ2n) is 5.25. The van der Waals surface area contributed by atoms with E-state index in [4.69, 9.17) is 0 Å². The van der Waals surface area contributed by atoms with E-state index >= 15 is 0 Å². The maximum absolute atomic E-state index is 12.4. The normalized spacial score (nSPS) is 17.1. The highest BCUT2D eigenvalue weighted by atomic mass is 32.1. The molecule has 1 aliphatic rings. The zero-order valence-electron chi connectivity index (χ0n) is 12.2. The Kier molecular flexibility index (Phi) is 4.70. The van der Waals surface area contributed by atoms with Crippen molar-refractivity contribution in [3.05, 3.63) is 52.0 Å². The van der Waals surface area contributed by atoms with Crippen LogP contribution in [0.3, 0.4) is 0 Å². The Morgan fingerprint density at radius 2 is 2.32 bits per heavy atom. The molecular weight excluding hydrogens is 298 g/mol. The lowest BCUT2D eigenvalue weighted by Crippen LogP contribution is -2.47. The van der Waals surface area contributed by atoms with E-state index in [1.807, 2.05) is 23.6 Å². The van der Waals surface area contributed by atoms with Crippen molar-refractivity contribution in [3.63, 3.8) is 0 Å². The molecule has 1 aliphatic heterocycles. The Balaban J connectivity index is 1.62. The third-order valence-electron chi connectivity index (χ3n) is 3.94. The molecule has 1 aromatic heterocycles. The van der Waals surface area contributed by atoms with Crippen LogP contribution in [0, 0.1) is 0 Å². The molecule has 5 nitrogen and oxygen atoms in total. The minimum absolute atomic E-state index is 0.0586. The fourth-order valence-electron chi connectivity index (χ4n) is 2.85. The summed E-state index contributed by atoms with van der Waals surface area (Å²) in [6.45, 7) is 1.13. The smallest absolute Gasteiger partial charge is 0.318 e. The lowest BCUT2D eigenvalue weighted by molar-refractivity contribution is 0.127. The van der Waals surface area contributed by atoms with E-state index < -0.39 is 0 Å². The van der Waals surface area contributed by atoms with Gasteiger partial charge in [0.2, 0.25) is 0 Å². The highest BCUT2D eigenvalue weighted by molar-refractivity contribution is 7.09. The monoisotopic (exact) mass is 317 g/mol. The van der Waals surface area contributed by atoms with E-state index in [0.717, 1.165) is 23.4 Å². The maximum atomic E-state index is 12.4. The van der Waals surface area contributed by atoms with Crippen LogP contribution in [0.1, 0.15) is 22.2 Å². The average Bonchev–Trinajstić information content (AvgIpc) is 3.07. The number of thiazole rings is 1. The van der Waals surface area contributed by atoms with Crippen LogP contribution in [-0.4, -0.2) is 40.7 Å². The van der Waals surface area contributed by atoms with Crippen molar-refractivity contribution in [1.29, 1.82) is 0 Å². The van der Waals surface area contributed by atoms with Crippen molar-refractivity contribution >= 4 is 17.4 Å². The molecule has 0 spiro atoms. The molecule has 0 saturated carbocycles. The topological polar surface area (TPSA) is 65.5 Å². The summed E-state index contributed by atoms with van der Waals surface area (Å²) >= 11 is 1.59. The van der Waals surface area contributed by atoms with Gasteiger partial charge in [0.15, 0.2) is 0 Å². The van der Waals surface area contributed by atoms with Gasteiger partial charge in [0.25, 0.3) is 0 Å². The molecular formula is C16H19N3O2S. The van der Waals surface area contributed by atoms with Crippen molar-refractivity contribution in [1.82, 2.24) is 15.2 Å². The van der Waals surface area contributed by atoms with E-state index in [-0.39, 0.29) is 18.7 Å². The predicted octanol–water partition coefficient (Wildman–Crippen LogP) is 1.99. The number of benzene rings is 1. The summed E-state index contributed by atoms with van der Waals surface area (Å²) in [6, 6.07) is 7.62. The number of aliphatic hydroxyl groups is 1. The fraction of sp³-hybridized carbons (Fsp3) is 0.375. The van der Waals surface area contributed by atoms with Crippen molar-refractivity contribution < 1.29 is 9.90 Å². The maximum Gasteiger partial charge on any atom is 0.318 e. The molecule has 2 aromatic rings. The summed E-state index contributed by atoms with van der Waals surface area (Å²) in [6.07, 6.45) is 3.33. The first-order valence-electron chi connectivity index (χ1n) is 7.41. The van der Waals surface area contributed by atoms with Gasteiger partial charge in [-0.05, 0) is 17.5 Å². The molecule has 116 valence electrons. The van der Waals surface area contributed by atoms with Gasteiger partial charge in [-0.25, -0.2) is 9.78 Å². The van der Waals surface area contributed by atoms with Crippen LogP contribution in [-0.2, 0) is 12.8 Å². The number of urea groups is 1. The van der Waals surface area contributed by atoms with Crippen LogP contribution in [0.15, 0.2) is 35.8 Å². The Morgan fingerprint density at radius 3 is 3.09 bits per heavy atom. The minimum atomic E-state index is -0.259. The number of fused-ring (bicyclic) bond motifs is 1. The molecule has 0 fully saturated rings. The molecule has 0 aliphatic carbocycles. The predicted molar refractivity (Wildman–Crippen MR) is 85.9 cm³/mol. The van der Waals surface area contributed by atoms with Crippen molar-refractivity contribution in [2.24, 2.45) is 0 Å². The number of rotatable bonds is 4. The van der Waals surface area contributed by atoms with E-state index in [1.54, 1.807) is 22.4 Å². The molecule has 0 saturated heterocycles. The fourth-order valence-corrected chi connectivity index (χ4v) is 3.47. The number of nitrogens with zero attached hydrogens (tertiary/aromatic N) is 2. The summed E-state index contributed by atoms with van der Waals surface area (Å²) in [7, 11) is 0. The number of carbonyl (C=O) groups is 1. The van der Waals surface area contributed by atoms with E-state index in [0.29, 0.717) is 13.1 Å². The molecule has 2 amide bonds. The van der Waals surface area contributed by atoms with Crippen molar-refractivity contribution in [2.45, 2.75) is 18.9 Å². The molecule has 6 heteroatoms. The van der Waals surface area contributed by atoms with E-state index in [2.05, 4.69) is 16.4 Å². The Bertz CT molecular complexity index is 630. The number of aliphatic hydroxyl groups excluding tert-OH is 1. The summed E-state index contributed by atoms with van der Waals surface area (Å²) in [5.41, 5.74) is 2.26. The summed E-state index contributed by atoms with van der Waals surface area (Å²) in [5, 5.41) is 15.6. The quantitative estimate of drug-likeness (QED) is 0.906. The second-order valence-corrected chi connectivity index (χ2v) is 6.23. The van der Waals surface area contributed by atoms with Gasteiger partial charge in [-0.2, -0.15) is 0 Å². The first-order valence-corrected chi connectivity index (χ1v) is 8.29. The molecule has 22 heavy (non-hydrogen) atoms. The van der Waals surface area contributed by atoms with Crippen LogP contribution in [0.4, 0.5) is 4.79 Å². The molecule has 0 unspecified atom stereocenters. The third-order valence-corrected chi connectivity index (χ3v) is 4.78. The summed E-state index contributed by atoms with van der Waals surface area (Å²) in [4.78, 5) is 18.3. The van der Waals surface area contributed by atoms with E-state index in [1.165, 1.54) is 5.56 Å². The molecule has 2 heterocycles.